The zero-order chi connectivity index (χ0) is 17.9. The van der Waals surface area contributed by atoms with Gasteiger partial charge in [-0.15, -0.1) is 0 Å². The van der Waals surface area contributed by atoms with Gasteiger partial charge in [-0.3, -0.25) is 4.79 Å². The van der Waals surface area contributed by atoms with Crippen molar-refractivity contribution in [2.45, 2.75) is 39.5 Å². The number of aryl methyl sites for hydroxylation is 1. The van der Waals surface area contributed by atoms with E-state index in [9.17, 15) is 4.79 Å². The third kappa shape index (κ3) is 6.46. The van der Waals surface area contributed by atoms with Gasteiger partial charge in [0.05, 0.1) is 6.61 Å². The second-order valence-electron chi connectivity index (χ2n) is 6.01. The number of amides is 1. The van der Waals surface area contributed by atoms with E-state index in [1.807, 2.05) is 36.4 Å². The second-order valence-corrected chi connectivity index (χ2v) is 6.01. The van der Waals surface area contributed by atoms with Gasteiger partial charge >= 0.3 is 0 Å². The topological polar surface area (TPSA) is 38.3 Å². The van der Waals surface area contributed by atoms with Crippen LogP contribution in [0.4, 0.5) is 5.69 Å². The van der Waals surface area contributed by atoms with Gasteiger partial charge in [0.25, 0.3) is 0 Å². The fourth-order valence-corrected chi connectivity index (χ4v) is 2.45. The third-order valence-electron chi connectivity index (χ3n) is 3.84. The fraction of sp³-hybridized carbons (Fsp3) is 0.318. The van der Waals surface area contributed by atoms with Gasteiger partial charge in [-0.25, -0.2) is 0 Å². The standard InChI is InChI=1S/C22H27NO2/c1-3-5-8-18-11-14-20(15-12-18)23-22(24)16-13-19-9-6-7-10-21(19)25-17-4-2/h6-7,9-16H,3-5,8,17H2,1-2H3,(H,23,24)/b16-13+. The summed E-state index contributed by atoms with van der Waals surface area (Å²) < 4.78 is 5.70. The van der Waals surface area contributed by atoms with Crippen LogP contribution in [0, 0.1) is 0 Å². The molecule has 0 saturated carbocycles. The van der Waals surface area contributed by atoms with E-state index in [1.165, 1.54) is 18.4 Å². The van der Waals surface area contributed by atoms with Gasteiger partial charge in [-0.2, -0.15) is 0 Å². The number of carbonyl (C=O) groups excluding carboxylic acids is 1. The highest BCUT2D eigenvalue weighted by Crippen LogP contribution is 2.20. The van der Waals surface area contributed by atoms with Crippen LogP contribution < -0.4 is 10.1 Å². The lowest BCUT2D eigenvalue weighted by atomic mass is 10.1. The van der Waals surface area contributed by atoms with Gasteiger partial charge in [-0.05, 0) is 49.1 Å². The molecule has 0 radical (unpaired) electrons. The maximum atomic E-state index is 12.1. The Morgan fingerprint density at radius 3 is 2.52 bits per heavy atom. The molecule has 2 aromatic rings. The maximum Gasteiger partial charge on any atom is 0.248 e. The van der Waals surface area contributed by atoms with E-state index in [-0.39, 0.29) is 5.91 Å². The molecule has 25 heavy (non-hydrogen) atoms. The molecular weight excluding hydrogens is 310 g/mol. The van der Waals surface area contributed by atoms with E-state index in [0.717, 1.165) is 29.8 Å². The van der Waals surface area contributed by atoms with Gasteiger partial charge in [-0.1, -0.05) is 50.6 Å². The number of hydrogen-bond donors (Lipinski definition) is 1. The van der Waals surface area contributed by atoms with Crippen LogP contribution in [0.3, 0.4) is 0 Å². The Kier molecular flexibility index (Phi) is 7.77. The molecule has 0 aliphatic heterocycles. The molecule has 3 nitrogen and oxygen atoms in total. The molecule has 0 heterocycles. The highest BCUT2D eigenvalue weighted by Gasteiger charge is 2.02. The molecule has 0 aliphatic rings. The summed E-state index contributed by atoms with van der Waals surface area (Å²) in [6, 6.07) is 15.8. The number of unbranched alkanes of at least 4 members (excludes halogenated alkanes) is 1. The number of hydrogen-bond acceptors (Lipinski definition) is 2. The molecule has 0 unspecified atom stereocenters. The van der Waals surface area contributed by atoms with Gasteiger partial charge < -0.3 is 10.1 Å². The summed E-state index contributed by atoms with van der Waals surface area (Å²) in [6.07, 6.45) is 7.74. The summed E-state index contributed by atoms with van der Waals surface area (Å²) >= 11 is 0. The van der Waals surface area contributed by atoms with Crippen molar-refractivity contribution in [3.05, 3.63) is 65.7 Å². The summed E-state index contributed by atoms with van der Waals surface area (Å²) in [5, 5.41) is 2.89. The predicted molar refractivity (Wildman–Crippen MR) is 105 cm³/mol. The Hall–Kier alpha value is -2.55. The van der Waals surface area contributed by atoms with Crippen molar-refractivity contribution in [3.63, 3.8) is 0 Å². The smallest absolute Gasteiger partial charge is 0.248 e. The average Bonchev–Trinajstić information content (AvgIpc) is 2.65. The van der Waals surface area contributed by atoms with Crippen LogP contribution in [0.15, 0.2) is 54.6 Å². The highest BCUT2D eigenvalue weighted by atomic mass is 16.5. The lowest BCUT2D eigenvalue weighted by Gasteiger charge is -2.08. The van der Waals surface area contributed by atoms with Gasteiger partial charge in [0.1, 0.15) is 5.75 Å². The molecule has 2 rings (SSSR count). The molecule has 0 spiro atoms. The predicted octanol–water partition coefficient (Wildman–Crippen LogP) is 5.47. The molecule has 0 saturated heterocycles. The Morgan fingerprint density at radius 2 is 1.80 bits per heavy atom. The summed E-state index contributed by atoms with van der Waals surface area (Å²) in [6.45, 7) is 4.92. The quantitative estimate of drug-likeness (QED) is 0.616. The van der Waals surface area contributed by atoms with Crippen molar-refractivity contribution in [3.8, 4) is 5.75 Å². The van der Waals surface area contributed by atoms with Crippen LogP contribution >= 0.6 is 0 Å². The van der Waals surface area contributed by atoms with E-state index in [0.29, 0.717) is 6.61 Å². The molecule has 1 amide bonds. The van der Waals surface area contributed by atoms with Crippen molar-refractivity contribution in [2.75, 3.05) is 11.9 Å². The van der Waals surface area contributed by atoms with E-state index >= 15 is 0 Å². The summed E-state index contributed by atoms with van der Waals surface area (Å²) in [4.78, 5) is 12.1. The first-order valence-electron chi connectivity index (χ1n) is 9.02. The number of benzene rings is 2. The van der Waals surface area contributed by atoms with E-state index in [1.54, 1.807) is 12.2 Å². The maximum absolute atomic E-state index is 12.1. The number of para-hydroxylation sites is 1. The van der Waals surface area contributed by atoms with Crippen LogP contribution in [0.1, 0.15) is 44.2 Å². The second kappa shape index (κ2) is 10.3. The molecule has 1 N–H and O–H groups in total. The minimum Gasteiger partial charge on any atom is -0.493 e. The van der Waals surface area contributed by atoms with Crippen molar-refractivity contribution in [1.82, 2.24) is 0 Å². The molecular formula is C22H27NO2. The highest BCUT2D eigenvalue weighted by molar-refractivity contribution is 6.02. The van der Waals surface area contributed by atoms with E-state index in [2.05, 4.69) is 31.3 Å². The summed E-state index contributed by atoms with van der Waals surface area (Å²) in [5.41, 5.74) is 3.02. The molecule has 2 aromatic carbocycles. The molecule has 132 valence electrons. The number of rotatable bonds is 9. The number of nitrogens with one attached hydrogen (secondary N) is 1. The fourth-order valence-electron chi connectivity index (χ4n) is 2.45. The van der Waals surface area contributed by atoms with Crippen LogP contribution in [-0.4, -0.2) is 12.5 Å². The summed E-state index contributed by atoms with van der Waals surface area (Å²) in [5.74, 6) is 0.653. The number of anilines is 1. The van der Waals surface area contributed by atoms with E-state index < -0.39 is 0 Å². The Balaban J connectivity index is 1.94. The Bertz CT molecular complexity index is 689. The minimum absolute atomic E-state index is 0.147. The number of ether oxygens (including phenoxy) is 1. The molecule has 0 bridgehead atoms. The van der Waals surface area contributed by atoms with Crippen LogP contribution in [0.5, 0.6) is 5.75 Å². The lowest BCUT2D eigenvalue weighted by molar-refractivity contribution is -0.111. The zero-order valence-electron chi connectivity index (χ0n) is 15.1. The lowest BCUT2D eigenvalue weighted by Crippen LogP contribution is -2.07. The molecule has 0 aliphatic carbocycles. The summed E-state index contributed by atoms with van der Waals surface area (Å²) in [7, 11) is 0. The minimum atomic E-state index is -0.147. The molecule has 0 atom stereocenters. The monoisotopic (exact) mass is 337 g/mol. The van der Waals surface area contributed by atoms with E-state index in [4.69, 9.17) is 4.74 Å². The zero-order valence-corrected chi connectivity index (χ0v) is 15.1. The normalized spacial score (nSPS) is 10.8. The SMILES string of the molecule is CCCCc1ccc(NC(=O)/C=C/c2ccccc2OCCC)cc1. The van der Waals surface area contributed by atoms with Crippen molar-refractivity contribution in [2.24, 2.45) is 0 Å². The number of carbonyl (C=O) groups is 1. The molecule has 0 fully saturated rings. The Labute approximate surface area is 150 Å². The largest absolute Gasteiger partial charge is 0.493 e. The van der Waals surface area contributed by atoms with Crippen LogP contribution in [0.25, 0.3) is 6.08 Å². The first-order valence-corrected chi connectivity index (χ1v) is 9.02. The first kappa shape index (κ1) is 18.8. The van der Waals surface area contributed by atoms with Gasteiger partial charge in [0, 0.05) is 17.3 Å². The van der Waals surface area contributed by atoms with Crippen LogP contribution in [0.2, 0.25) is 0 Å². The van der Waals surface area contributed by atoms with Crippen molar-refractivity contribution < 1.29 is 9.53 Å². The van der Waals surface area contributed by atoms with Gasteiger partial charge in [0.15, 0.2) is 0 Å². The third-order valence-corrected chi connectivity index (χ3v) is 3.84. The average molecular weight is 337 g/mol. The molecule has 0 aromatic heterocycles. The van der Waals surface area contributed by atoms with Crippen molar-refractivity contribution >= 4 is 17.7 Å². The first-order chi connectivity index (χ1) is 12.2. The molecule has 3 heteroatoms. The van der Waals surface area contributed by atoms with Gasteiger partial charge in [0.2, 0.25) is 5.91 Å². The van der Waals surface area contributed by atoms with Crippen molar-refractivity contribution in [1.29, 1.82) is 0 Å². The van der Waals surface area contributed by atoms with Crippen LogP contribution in [-0.2, 0) is 11.2 Å². The Morgan fingerprint density at radius 1 is 1.04 bits per heavy atom.